The molecular formula is C71H136N2O7P+. The fourth-order valence-electron chi connectivity index (χ4n) is 10.3. The summed E-state index contributed by atoms with van der Waals surface area (Å²) in [5, 5.41) is 3.07. The van der Waals surface area contributed by atoms with Crippen LogP contribution in [-0.2, 0) is 27.9 Å². The van der Waals surface area contributed by atoms with E-state index in [1.165, 1.54) is 244 Å². The average Bonchev–Trinajstić information content (AvgIpc) is 3.43. The number of carbonyl (C=O) groups is 2. The summed E-state index contributed by atoms with van der Waals surface area (Å²) in [6, 6.07) is -0.849. The lowest BCUT2D eigenvalue weighted by molar-refractivity contribution is -0.870. The highest BCUT2D eigenvalue weighted by atomic mass is 31.2. The quantitative estimate of drug-likeness (QED) is 0.0205. The smallest absolute Gasteiger partial charge is 0.456 e. The van der Waals surface area contributed by atoms with Gasteiger partial charge in [-0.2, -0.15) is 0 Å². The number of allylic oxidation sites excluding steroid dienone is 7. The zero-order chi connectivity index (χ0) is 59.3. The van der Waals surface area contributed by atoms with Crippen molar-refractivity contribution in [1.82, 2.24) is 5.32 Å². The fraction of sp³-hybridized carbons (Fsp3) is 0.859. The molecule has 0 aliphatic heterocycles. The number of carbonyl (C=O) groups excluding carboxylic acids is 2. The predicted molar refractivity (Wildman–Crippen MR) is 351 cm³/mol. The van der Waals surface area contributed by atoms with Gasteiger partial charge in [-0.25, -0.2) is 4.57 Å². The van der Waals surface area contributed by atoms with Crippen molar-refractivity contribution < 1.29 is 37.3 Å². The number of unbranched alkanes of at least 4 members (excludes halogenated alkanes) is 42. The van der Waals surface area contributed by atoms with E-state index >= 15 is 0 Å². The number of amides is 1. The van der Waals surface area contributed by atoms with Crippen LogP contribution in [0.25, 0.3) is 0 Å². The van der Waals surface area contributed by atoms with Gasteiger partial charge in [0.25, 0.3) is 0 Å². The lowest BCUT2D eigenvalue weighted by Crippen LogP contribution is -2.47. The Morgan fingerprint density at radius 3 is 1.15 bits per heavy atom. The number of hydrogen-bond donors (Lipinski definition) is 2. The highest BCUT2D eigenvalue weighted by molar-refractivity contribution is 7.47. The molecule has 3 atom stereocenters. The normalized spacial score (nSPS) is 13.8. The summed E-state index contributed by atoms with van der Waals surface area (Å²) in [6.07, 6.45) is 76.9. The molecule has 0 rings (SSSR count). The van der Waals surface area contributed by atoms with Crippen LogP contribution in [0.4, 0.5) is 0 Å². The van der Waals surface area contributed by atoms with E-state index in [4.69, 9.17) is 13.8 Å². The maximum absolute atomic E-state index is 13.6. The molecule has 0 aromatic carbocycles. The number of phosphoric ester groups is 1. The molecule has 81 heavy (non-hydrogen) atoms. The monoisotopic (exact) mass is 1160 g/mol. The molecule has 0 aliphatic carbocycles. The molecule has 0 heterocycles. The van der Waals surface area contributed by atoms with Gasteiger partial charge in [0.15, 0.2) is 0 Å². The number of quaternary nitrogens is 1. The topological polar surface area (TPSA) is 111 Å². The van der Waals surface area contributed by atoms with Gasteiger partial charge in [0.2, 0.25) is 5.91 Å². The number of nitrogens with zero attached hydrogens (tertiary/aromatic N) is 1. The van der Waals surface area contributed by atoms with Crippen LogP contribution in [0.3, 0.4) is 0 Å². The summed E-state index contributed by atoms with van der Waals surface area (Å²) >= 11 is 0. The van der Waals surface area contributed by atoms with Crippen molar-refractivity contribution in [2.75, 3.05) is 40.9 Å². The van der Waals surface area contributed by atoms with Gasteiger partial charge in [0.1, 0.15) is 19.3 Å². The molecule has 0 spiro atoms. The SMILES string of the molecule is CCCCC/C=C\C/C=C\CCCCCCCCCCCC(=O)NC(COP(=O)(O)OCC[N+](C)(C)C)C(/C=C\CCCCCCCCCCC)OC(=O)CCCCCCCCCCCCCCCCC/C=C/CCCCCCCC. The van der Waals surface area contributed by atoms with Gasteiger partial charge >= 0.3 is 13.8 Å². The van der Waals surface area contributed by atoms with E-state index in [-0.39, 0.29) is 25.1 Å². The molecule has 9 nitrogen and oxygen atoms in total. The summed E-state index contributed by atoms with van der Waals surface area (Å²) in [5.41, 5.74) is 0. The molecule has 0 fully saturated rings. The molecule has 10 heteroatoms. The Morgan fingerprint density at radius 1 is 0.432 bits per heavy atom. The standard InChI is InChI=1S/C71H135N2O7P/c1-7-10-13-16-19-22-25-27-29-31-33-34-35-36-37-38-40-42-44-46-49-52-55-58-61-64-71(75)80-69(62-59-56-53-50-47-24-21-18-15-12-9-3)68(67-79-81(76,77)78-66-65-73(4,5)6)72-70(74)63-60-57-54-51-48-45-43-41-39-32-30-28-26-23-20-17-14-11-8-2/h20,23,27-30,59,62,68-69H,7-19,21-22,24-26,31-58,60-61,63-67H2,1-6H3,(H-,72,74,76,77)/p+1/b23-20-,29-27+,30-28-,62-59-. The van der Waals surface area contributed by atoms with Crippen LogP contribution < -0.4 is 5.32 Å². The van der Waals surface area contributed by atoms with Crippen LogP contribution in [0.15, 0.2) is 48.6 Å². The molecule has 0 aliphatic rings. The first kappa shape index (κ1) is 79.0. The minimum Gasteiger partial charge on any atom is -0.456 e. The van der Waals surface area contributed by atoms with Gasteiger partial charge in [-0.05, 0) is 89.5 Å². The summed E-state index contributed by atoms with van der Waals surface area (Å²) < 4.78 is 30.8. The highest BCUT2D eigenvalue weighted by Crippen LogP contribution is 2.43. The van der Waals surface area contributed by atoms with Crippen LogP contribution in [0.2, 0.25) is 0 Å². The molecule has 3 unspecified atom stereocenters. The number of nitrogens with one attached hydrogen (secondary N) is 1. The van der Waals surface area contributed by atoms with E-state index in [0.29, 0.717) is 23.9 Å². The van der Waals surface area contributed by atoms with Crippen molar-refractivity contribution in [3.05, 3.63) is 48.6 Å². The Balaban J connectivity index is 5.01. The molecule has 1 amide bonds. The maximum atomic E-state index is 13.6. The molecule has 0 aromatic heterocycles. The molecule has 0 aromatic rings. The summed E-state index contributed by atoms with van der Waals surface area (Å²) in [5.74, 6) is -0.496. The second kappa shape index (κ2) is 61.1. The molecule has 0 saturated heterocycles. The predicted octanol–water partition coefficient (Wildman–Crippen LogP) is 22.0. The summed E-state index contributed by atoms with van der Waals surface area (Å²) in [7, 11) is 1.50. The minimum absolute atomic E-state index is 0.0405. The highest BCUT2D eigenvalue weighted by Gasteiger charge is 2.30. The second-order valence-corrected chi connectivity index (χ2v) is 26.5. The second-order valence-electron chi connectivity index (χ2n) is 25.0. The van der Waals surface area contributed by atoms with E-state index < -0.39 is 20.0 Å². The lowest BCUT2D eigenvalue weighted by atomic mass is 10.0. The molecule has 0 bridgehead atoms. The first-order valence-corrected chi connectivity index (χ1v) is 36.5. The van der Waals surface area contributed by atoms with Crippen molar-refractivity contribution >= 4 is 19.7 Å². The van der Waals surface area contributed by atoms with Crippen molar-refractivity contribution in [3.8, 4) is 0 Å². The molecular weight excluding hydrogens is 1020 g/mol. The van der Waals surface area contributed by atoms with Crippen molar-refractivity contribution in [2.24, 2.45) is 0 Å². The molecule has 2 N–H and O–H groups in total. The van der Waals surface area contributed by atoms with Crippen LogP contribution in [-0.4, -0.2) is 74.3 Å². The van der Waals surface area contributed by atoms with Crippen LogP contribution in [0.5, 0.6) is 0 Å². The number of esters is 1. The third kappa shape index (κ3) is 62.3. The van der Waals surface area contributed by atoms with Gasteiger partial charge in [-0.3, -0.25) is 18.6 Å². The van der Waals surface area contributed by atoms with Crippen molar-refractivity contribution in [2.45, 2.75) is 354 Å². The van der Waals surface area contributed by atoms with E-state index in [1.807, 2.05) is 33.3 Å². The van der Waals surface area contributed by atoms with Gasteiger partial charge in [0.05, 0.1) is 33.8 Å². The first-order valence-electron chi connectivity index (χ1n) is 35.0. The third-order valence-electron chi connectivity index (χ3n) is 15.7. The van der Waals surface area contributed by atoms with E-state index in [2.05, 4.69) is 62.5 Å². The van der Waals surface area contributed by atoms with E-state index in [0.717, 1.165) is 64.2 Å². The van der Waals surface area contributed by atoms with E-state index in [9.17, 15) is 19.0 Å². The Labute approximate surface area is 503 Å². The summed E-state index contributed by atoms with van der Waals surface area (Å²) in [4.78, 5) is 37.8. The minimum atomic E-state index is -4.45. The average molecular weight is 1160 g/mol. The summed E-state index contributed by atoms with van der Waals surface area (Å²) in [6.45, 7) is 7.02. The molecule has 0 radical (unpaired) electrons. The van der Waals surface area contributed by atoms with Gasteiger partial charge in [0, 0.05) is 12.8 Å². The maximum Gasteiger partial charge on any atom is 0.472 e. The number of hydrogen-bond acceptors (Lipinski definition) is 6. The van der Waals surface area contributed by atoms with Gasteiger partial charge in [-0.1, -0.05) is 288 Å². The third-order valence-corrected chi connectivity index (χ3v) is 16.7. The van der Waals surface area contributed by atoms with Crippen LogP contribution in [0, 0.1) is 0 Å². The van der Waals surface area contributed by atoms with Crippen molar-refractivity contribution in [1.29, 1.82) is 0 Å². The van der Waals surface area contributed by atoms with Crippen LogP contribution >= 0.6 is 7.82 Å². The number of rotatable bonds is 64. The Bertz CT molecular complexity index is 1520. The van der Waals surface area contributed by atoms with Gasteiger partial charge < -0.3 is 19.4 Å². The van der Waals surface area contributed by atoms with Crippen molar-refractivity contribution in [3.63, 3.8) is 0 Å². The zero-order valence-corrected chi connectivity index (χ0v) is 55.4. The lowest BCUT2D eigenvalue weighted by Gasteiger charge is -2.27. The Morgan fingerprint density at radius 2 is 0.753 bits per heavy atom. The first-order chi connectivity index (χ1) is 39.4. The zero-order valence-electron chi connectivity index (χ0n) is 54.5. The number of phosphoric acid groups is 1. The molecule has 476 valence electrons. The largest absolute Gasteiger partial charge is 0.472 e. The fourth-order valence-corrected chi connectivity index (χ4v) is 11.1. The Hall–Kier alpha value is -2.03. The van der Waals surface area contributed by atoms with Gasteiger partial charge in [-0.15, -0.1) is 0 Å². The van der Waals surface area contributed by atoms with E-state index in [1.54, 1.807) is 0 Å². The number of ether oxygens (including phenoxy) is 1. The number of likely N-dealkylation sites (N-methyl/N-ethyl adjacent to an activating group) is 1. The molecule has 0 saturated carbocycles. The Kier molecular flexibility index (Phi) is 59.5. The van der Waals surface area contributed by atoms with Crippen LogP contribution in [0.1, 0.15) is 342 Å².